The van der Waals surface area contributed by atoms with Crippen molar-refractivity contribution in [2.75, 3.05) is 0 Å². The van der Waals surface area contributed by atoms with Crippen LogP contribution >= 0.6 is 0 Å². The molecule has 1 aromatic carbocycles. The fourth-order valence-electron chi connectivity index (χ4n) is 1.41. The minimum Gasteiger partial charge on any atom is -0.476 e. The largest absolute Gasteiger partial charge is 0.476 e. The SMILES string of the molecule is O=C(O)c1ccn(-c2ccccc2OC(F)F)n1. The van der Waals surface area contributed by atoms with Gasteiger partial charge >= 0.3 is 12.6 Å². The van der Waals surface area contributed by atoms with Crippen molar-refractivity contribution < 1.29 is 23.4 Å². The van der Waals surface area contributed by atoms with Crippen molar-refractivity contribution in [1.29, 1.82) is 0 Å². The van der Waals surface area contributed by atoms with Gasteiger partial charge in [-0.15, -0.1) is 0 Å². The summed E-state index contributed by atoms with van der Waals surface area (Å²) < 4.78 is 29.9. The Kier molecular flexibility index (Phi) is 3.22. The first-order valence-corrected chi connectivity index (χ1v) is 4.91. The van der Waals surface area contributed by atoms with E-state index in [-0.39, 0.29) is 17.1 Å². The van der Waals surface area contributed by atoms with Crippen molar-refractivity contribution in [2.45, 2.75) is 6.61 Å². The third-order valence-electron chi connectivity index (χ3n) is 2.14. The predicted octanol–water partition coefficient (Wildman–Crippen LogP) is 2.17. The lowest BCUT2D eigenvalue weighted by Crippen LogP contribution is -2.07. The van der Waals surface area contributed by atoms with Crippen LogP contribution in [0.25, 0.3) is 5.69 Å². The van der Waals surface area contributed by atoms with Crippen LogP contribution in [0.3, 0.4) is 0 Å². The van der Waals surface area contributed by atoms with Crippen LogP contribution in [0.4, 0.5) is 8.78 Å². The molecule has 2 rings (SSSR count). The summed E-state index contributed by atoms with van der Waals surface area (Å²) in [4.78, 5) is 10.7. The average molecular weight is 254 g/mol. The number of ether oxygens (including phenoxy) is 1. The molecular weight excluding hydrogens is 246 g/mol. The third-order valence-corrected chi connectivity index (χ3v) is 2.14. The van der Waals surface area contributed by atoms with Crippen LogP contribution in [-0.4, -0.2) is 27.5 Å². The van der Waals surface area contributed by atoms with Crippen molar-refractivity contribution in [2.24, 2.45) is 0 Å². The van der Waals surface area contributed by atoms with Gasteiger partial charge in [-0.2, -0.15) is 13.9 Å². The van der Waals surface area contributed by atoms with E-state index in [1.54, 1.807) is 6.07 Å². The molecular formula is C11H8F2N2O3. The molecule has 2 aromatic rings. The summed E-state index contributed by atoms with van der Waals surface area (Å²) in [5.74, 6) is -1.27. The van der Waals surface area contributed by atoms with Crippen LogP contribution in [0.2, 0.25) is 0 Å². The maximum Gasteiger partial charge on any atom is 0.387 e. The number of halogens is 2. The number of carboxylic acid groups (broad SMARTS) is 1. The molecule has 0 amide bonds. The van der Waals surface area contributed by atoms with E-state index in [0.717, 1.165) is 0 Å². The van der Waals surface area contributed by atoms with Gasteiger partial charge in [-0.1, -0.05) is 12.1 Å². The fourth-order valence-corrected chi connectivity index (χ4v) is 1.41. The minimum absolute atomic E-state index is 0.0764. The molecule has 0 aliphatic carbocycles. The quantitative estimate of drug-likeness (QED) is 0.908. The molecule has 0 atom stereocenters. The monoisotopic (exact) mass is 254 g/mol. The van der Waals surface area contributed by atoms with Gasteiger partial charge in [0.2, 0.25) is 0 Å². The first-order chi connectivity index (χ1) is 8.58. The number of aromatic nitrogens is 2. The number of rotatable bonds is 4. The van der Waals surface area contributed by atoms with E-state index in [1.165, 1.54) is 35.1 Å². The lowest BCUT2D eigenvalue weighted by molar-refractivity contribution is -0.0499. The van der Waals surface area contributed by atoms with Crippen molar-refractivity contribution in [1.82, 2.24) is 9.78 Å². The van der Waals surface area contributed by atoms with Gasteiger partial charge in [0.15, 0.2) is 11.4 Å². The molecule has 0 saturated heterocycles. The summed E-state index contributed by atoms with van der Waals surface area (Å²) in [6.45, 7) is -2.96. The molecule has 0 fully saturated rings. The maximum atomic E-state index is 12.2. The Morgan fingerprint density at radius 1 is 1.33 bits per heavy atom. The molecule has 0 unspecified atom stereocenters. The highest BCUT2D eigenvalue weighted by Gasteiger charge is 2.13. The van der Waals surface area contributed by atoms with Crippen LogP contribution in [-0.2, 0) is 0 Å². The molecule has 5 nitrogen and oxygen atoms in total. The van der Waals surface area contributed by atoms with Crippen LogP contribution in [0.5, 0.6) is 5.75 Å². The van der Waals surface area contributed by atoms with Crippen LogP contribution in [0, 0.1) is 0 Å². The number of nitrogens with zero attached hydrogens (tertiary/aromatic N) is 2. The number of para-hydroxylation sites is 2. The molecule has 0 aliphatic rings. The molecule has 0 saturated carbocycles. The summed E-state index contributed by atoms with van der Waals surface area (Å²) in [6, 6.07) is 7.25. The zero-order valence-corrected chi connectivity index (χ0v) is 8.96. The van der Waals surface area contributed by atoms with E-state index in [4.69, 9.17) is 5.11 Å². The van der Waals surface area contributed by atoms with Gasteiger partial charge in [0.1, 0.15) is 5.69 Å². The van der Waals surface area contributed by atoms with Crippen molar-refractivity contribution in [3.05, 3.63) is 42.2 Å². The van der Waals surface area contributed by atoms with Crippen molar-refractivity contribution in [3.8, 4) is 11.4 Å². The molecule has 1 aromatic heterocycles. The number of benzene rings is 1. The molecule has 0 aliphatic heterocycles. The second-order valence-electron chi connectivity index (χ2n) is 3.30. The molecule has 7 heteroatoms. The normalized spacial score (nSPS) is 10.6. The molecule has 1 heterocycles. The van der Waals surface area contributed by atoms with Crippen LogP contribution in [0.15, 0.2) is 36.5 Å². The Hall–Kier alpha value is -2.44. The molecule has 0 bridgehead atoms. The Bertz CT molecular complexity index is 569. The van der Waals surface area contributed by atoms with E-state index in [2.05, 4.69) is 9.84 Å². The van der Waals surface area contributed by atoms with Crippen molar-refractivity contribution >= 4 is 5.97 Å². The summed E-state index contributed by atoms with van der Waals surface area (Å²) >= 11 is 0. The number of hydrogen-bond acceptors (Lipinski definition) is 3. The average Bonchev–Trinajstić information content (AvgIpc) is 2.78. The maximum absolute atomic E-state index is 12.2. The van der Waals surface area contributed by atoms with Gasteiger partial charge in [-0.05, 0) is 18.2 Å². The smallest absolute Gasteiger partial charge is 0.387 e. The van der Waals surface area contributed by atoms with E-state index < -0.39 is 12.6 Å². The van der Waals surface area contributed by atoms with Gasteiger partial charge in [-0.25, -0.2) is 9.48 Å². The van der Waals surface area contributed by atoms with E-state index >= 15 is 0 Å². The van der Waals surface area contributed by atoms with E-state index in [1.807, 2.05) is 0 Å². The van der Waals surface area contributed by atoms with Gasteiger partial charge in [0.05, 0.1) is 0 Å². The Morgan fingerprint density at radius 2 is 2.06 bits per heavy atom. The summed E-state index contributed by atoms with van der Waals surface area (Å²) in [5.41, 5.74) is 0.0622. The number of alkyl halides is 2. The number of carbonyl (C=O) groups is 1. The second kappa shape index (κ2) is 4.82. The van der Waals surface area contributed by atoms with Gasteiger partial charge in [0, 0.05) is 6.20 Å². The summed E-state index contributed by atoms with van der Waals surface area (Å²) in [6.07, 6.45) is 1.36. The Balaban J connectivity index is 2.39. The van der Waals surface area contributed by atoms with Gasteiger partial charge < -0.3 is 9.84 Å². The number of aromatic carboxylic acids is 1. The predicted molar refractivity (Wildman–Crippen MR) is 57.2 cm³/mol. The first kappa shape index (κ1) is 12.0. The fraction of sp³-hybridized carbons (Fsp3) is 0.0909. The third kappa shape index (κ3) is 2.45. The topological polar surface area (TPSA) is 64.3 Å². The Morgan fingerprint density at radius 3 is 2.67 bits per heavy atom. The molecule has 1 N–H and O–H groups in total. The minimum atomic E-state index is -2.96. The second-order valence-corrected chi connectivity index (χ2v) is 3.30. The van der Waals surface area contributed by atoms with Gasteiger partial charge in [-0.3, -0.25) is 0 Å². The summed E-state index contributed by atoms with van der Waals surface area (Å²) in [7, 11) is 0. The number of hydrogen-bond donors (Lipinski definition) is 1. The zero-order chi connectivity index (χ0) is 13.1. The molecule has 18 heavy (non-hydrogen) atoms. The summed E-state index contributed by atoms with van der Waals surface area (Å²) in [5, 5.41) is 12.5. The number of carboxylic acids is 1. The lowest BCUT2D eigenvalue weighted by atomic mass is 10.3. The van der Waals surface area contributed by atoms with Crippen LogP contribution < -0.4 is 4.74 Å². The highest BCUT2D eigenvalue weighted by molar-refractivity contribution is 5.85. The van der Waals surface area contributed by atoms with E-state index in [0.29, 0.717) is 0 Å². The first-order valence-electron chi connectivity index (χ1n) is 4.91. The van der Waals surface area contributed by atoms with Gasteiger partial charge in [0.25, 0.3) is 0 Å². The zero-order valence-electron chi connectivity index (χ0n) is 8.96. The standard InChI is InChI=1S/C11H8F2N2O3/c12-11(13)18-9-4-2-1-3-8(9)15-6-5-7(14-15)10(16)17/h1-6,11H,(H,16,17). The molecule has 0 radical (unpaired) electrons. The molecule has 94 valence electrons. The molecule has 0 spiro atoms. The highest BCUT2D eigenvalue weighted by Crippen LogP contribution is 2.23. The Labute approximate surface area is 100 Å². The lowest BCUT2D eigenvalue weighted by Gasteiger charge is -2.09. The highest BCUT2D eigenvalue weighted by atomic mass is 19.3. The van der Waals surface area contributed by atoms with Crippen LogP contribution in [0.1, 0.15) is 10.5 Å². The van der Waals surface area contributed by atoms with E-state index in [9.17, 15) is 13.6 Å². The van der Waals surface area contributed by atoms with Crippen molar-refractivity contribution in [3.63, 3.8) is 0 Å².